The third-order valence-electron chi connectivity index (χ3n) is 6.73. The molecule has 3 N–H and O–H groups in total. The van der Waals surface area contributed by atoms with Gasteiger partial charge in [-0.3, -0.25) is 19.4 Å². The largest absolute Gasteiger partial charge is 0.378 e. The Morgan fingerprint density at radius 2 is 1.97 bits per heavy atom. The fraction of sp³-hybridized carbons (Fsp3) is 0.462. The zero-order valence-corrected chi connectivity index (χ0v) is 19.9. The molecular formula is C26H33N5O3. The average Bonchev–Trinajstić information content (AvgIpc) is 3.15. The van der Waals surface area contributed by atoms with Crippen LogP contribution in [0, 0.1) is 5.92 Å². The summed E-state index contributed by atoms with van der Waals surface area (Å²) in [7, 11) is 0. The lowest BCUT2D eigenvalue weighted by Gasteiger charge is -2.30. The second-order valence-corrected chi connectivity index (χ2v) is 9.81. The highest BCUT2D eigenvalue weighted by Crippen LogP contribution is 2.34. The Balaban J connectivity index is 1.49. The van der Waals surface area contributed by atoms with Crippen molar-refractivity contribution in [2.75, 3.05) is 16.8 Å². The van der Waals surface area contributed by atoms with E-state index in [0.717, 1.165) is 36.9 Å². The van der Waals surface area contributed by atoms with Crippen LogP contribution in [-0.2, 0) is 11.3 Å². The number of rotatable bonds is 7. The summed E-state index contributed by atoms with van der Waals surface area (Å²) in [5.74, 6) is 0.0709. The van der Waals surface area contributed by atoms with Crippen LogP contribution in [0.2, 0.25) is 0 Å². The normalized spacial score (nSPS) is 20.7. The van der Waals surface area contributed by atoms with E-state index in [0.29, 0.717) is 42.6 Å². The lowest BCUT2D eigenvalue weighted by atomic mass is 9.82. The van der Waals surface area contributed by atoms with Gasteiger partial charge in [0.05, 0.1) is 5.69 Å². The minimum absolute atomic E-state index is 0.0590. The van der Waals surface area contributed by atoms with E-state index >= 15 is 0 Å². The Morgan fingerprint density at radius 1 is 1.24 bits per heavy atom. The zero-order chi connectivity index (χ0) is 24.4. The van der Waals surface area contributed by atoms with Gasteiger partial charge in [0, 0.05) is 37.1 Å². The molecule has 2 fully saturated rings. The van der Waals surface area contributed by atoms with E-state index in [2.05, 4.69) is 30.7 Å². The maximum absolute atomic E-state index is 13.2. The van der Waals surface area contributed by atoms with Gasteiger partial charge in [-0.15, -0.1) is 0 Å². The summed E-state index contributed by atoms with van der Waals surface area (Å²) < 4.78 is 1.72. The van der Waals surface area contributed by atoms with Crippen LogP contribution in [0.3, 0.4) is 0 Å². The molecule has 2 amide bonds. The smallest absolute Gasteiger partial charge is 0.274 e. The highest BCUT2D eigenvalue weighted by Gasteiger charge is 2.28. The van der Waals surface area contributed by atoms with Crippen molar-refractivity contribution in [2.24, 2.45) is 11.7 Å². The summed E-state index contributed by atoms with van der Waals surface area (Å²) >= 11 is 0. The Labute approximate surface area is 199 Å². The van der Waals surface area contributed by atoms with Crippen molar-refractivity contribution in [1.82, 2.24) is 9.55 Å². The second-order valence-electron chi connectivity index (χ2n) is 9.81. The van der Waals surface area contributed by atoms with Gasteiger partial charge in [-0.2, -0.15) is 0 Å². The predicted molar refractivity (Wildman–Crippen MR) is 133 cm³/mol. The van der Waals surface area contributed by atoms with Gasteiger partial charge in [-0.05, 0) is 61.6 Å². The molecule has 3 heterocycles. The van der Waals surface area contributed by atoms with Gasteiger partial charge in [0.1, 0.15) is 11.4 Å². The second kappa shape index (κ2) is 9.83. The van der Waals surface area contributed by atoms with Crippen molar-refractivity contribution < 1.29 is 9.59 Å². The number of carbonyl (C=O) groups is 2. The minimum atomic E-state index is -0.523. The first-order valence-corrected chi connectivity index (χ1v) is 12.0. The molecule has 1 aliphatic heterocycles. The molecule has 0 atom stereocenters. The molecule has 34 heavy (non-hydrogen) atoms. The molecule has 2 aromatic rings. The van der Waals surface area contributed by atoms with Crippen LogP contribution in [0.5, 0.6) is 0 Å². The van der Waals surface area contributed by atoms with Gasteiger partial charge >= 0.3 is 0 Å². The SMILES string of the molecule is C=C1CCN(c2cc(N[C@H]3CC[C@@H](c4ccc(C(N)=O)nc4)CC3)c(=O)n(CC(C)C)c2)C1=O. The van der Waals surface area contributed by atoms with Gasteiger partial charge in [0.2, 0.25) is 0 Å². The van der Waals surface area contributed by atoms with Gasteiger partial charge < -0.3 is 20.5 Å². The monoisotopic (exact) mass is 463 g/mol. The number of hydrogen-bond acceptors (Lipinski definition) is 5. The topological polar surface area (TPSA) is 110 Å². The molecule has 180 valence electrons. The fourth-order valence-corrected chi connectivity index (χ4v) is 4.88. The average molecular weight is 464 g/mol. The van der Waals surface area contributed by atoms with E-state index in [1.807, 2.05) is 12.1 Å². The first-order valence-electron chi connectivity index (χ1n) is 12.0. The summed E-state index contributed by atoms with van der Waals surface area (Å²) in [4.78, 5) is 42.9. The standard InChI is InChI=1S/C26H33N5O3/c1-16(2)14-30-15-21(31-11-10-17(3)25(31)33)12-23(26(30)34)29-20-7-4-18(5-8-20)19-6-9-22(24(27)32)28-13-19/h6,9,12-13,15-16,18,20,29H,3-5,7-8,10-11,14H2,1-2H3,(H2,27,32)/t18-,20+. The molecule has 4 rings (SSSR count). The maximum Gasteiger partial charge on any atom is 0.274 e. The minimum Gasteiger partial charge on any atom is -0.378 e. The van der Waals surface area contributed by atoms with Gasteiger partial charge in [-0.1, -0.05) is 26.5 Å². The summed E-state index contributed by atoms with van der Waals surface area (Å²) in [6.45, 7) is 9.18. The summed E-state index contributed by atoms with van der Waals surface area (Å²) in [6, 6.07) is 5.60. The van der Waals surface area contributed by atoms with Gasteiger partial charge in [0.15, 0.2) is 0 Å². The van der Waals surface area contributed by atoms with Crippen LogP contribution < -0.4 is 21.5 Å². The Kier molecular flexibility index (Phi) is 6.86. The number of nitrogens with one attached hydrogen (secondary N) is 1. The summed E-state index contributed by atoms with van der Waals surface area (Å²) in [5.41, 5.74) is 8.49. The van der Waals surface area contributed by atoms with Crippen LogP contribution in [0.4, 0.5) is 11.4 Å². The molecule has 8 nitrogen and oxygen atoms in total. The van der Waals surface area contributed by atoms with Crippen molar-refractivity contribution in [1.29, 1.82) is 0 Å². The van der Waals surface area contributed by atoms with Crippen LogP contribution in [0.1, 0.15) is 67.9 Å². The highest BCUT2D eigenvalue weighted by atomic mass is 16.2. The van der Waals surface area contributed by atoms with E-state index in [9.17, 15) is 14.4 Å². The number of anilines is 2. The Hall–Kier alpha value is -3.42. The molecule has 8 heteroatoms. The molecule has 0 spiro atoms. The van der Waals surface area contributed by atoms with E-state index in [-0.39, 0.29) is 23.2 Å². The molecule has 0 aromatic carbocycles. The number of primary amides is 1. The molecule has 1 saturated heterocycles. The van der Waals surface area contributed by atoms with E-state index in [1.54, 1.807) is 27.9 Å². The van der Waals surface area contributed by atoms with Crippen molar-refractivity contribution in [3.8, 4) is 0 Å². The van der Waals surface area contributed by atoms with Crippen LogP contribution >= 0.6 is 0 Å². The lowest BCUT2D eigenvalue weighted by molar-refractivity contribution is -0.114. The fourth-order valence-electron chi connectivity index (χ4n) is 4.88. The molecule has 1 saturated carbocycles. The third kappa shape index (κ3) is 5.05. The zero-order valence-electron chi connectivity index (χ0n) is 19.9. The van der Waals surface area contributed by atoms with E-state index in [1.165, 1.54) is 0 Å². The predicted octanol–water partition coefficient (Wildman–Crippen LogP) is 3.43. The number of carbonyl (C=O) groups excluding carboxylic acids is 2. The Bertz CT molecular complexity index is 1140. The van der Waals surface area contributed by atoms with Crippen LogP contribution in [0.15, 0.2) is 47.5 Å². The number of amides is 2. The first-order chi connectivity index (χ1) is 16.2. The first kappa shape index (κ1) is 23.7. The van der Waals surface area contributed by atoms with Crippen LogP contribution in [-0.4, -0.2) is 34.0 Å². The number of nitrogens with two attached hydrogens (primary N) is 1. The third-order valence-corrected chi connectivity index (χ3v) is 6.73. The molecule has 0 radical (unpaired) electrons. The molecule has 0 unspecified atom stereocenters. The quantitative estimate of drug-likeness (QED) is 0.611. The molecule has 2 aliphatic rings. The number of hydrogen-bond donors (Lipinski definition) is 2. The molecular weight excluding hydrogens is 430 g/mol. The highest BCUT2D eigenvalue weighted by molar-refractivity contribution is 6.07. The van der Waals surface area contributed by atoms with Crippen molar-refractivity contribution in [3.63, 3.8) is 0 Å². The van der Waals surface area contributed by atoms with Crippen LogP contribution in [0.25, 0.3) is 0 Å². The van der Waals surface area contributed by atoms with Crippen molar-refractivity contribution in [3.05, 3.63) is 64.4 Å². The number of aromatic nitrogens is 2. The Morgan fingerprint density at radius 3 is 2.53 bits per heavy atom. The number of pyridine rings is 2. The summed E-state index contributed by atoms with van der Waals surface area (Å²) in [6.07, 6.45) is 7.92. The van der Waals surface area contributed by atoms with E-state index in [4.69, 9.17) is 5.73 Å². The molecule has 0 bridgehead atoms. The van der Waals surface area contributed by atoms with Crippen molar-refractivity contribution in [2.45, 2.75) is 64.5 Å². The van der Waals surface area contributed by atoms with Gasteiger partial charge in [0.25, 0.3) is 17.4 Å². The van der Waals surface area contributed by atoms with Crippen molar-refractivity contribution >= 4 is 23.2 Å². The lowest BCUT2D eigenvalue weighted by Crippen LogP contribution is -2.33. The maximum atomic E-state index is 13.2. The summed E-state index contributed by atoms with van der Waals surface area (Å²) in [5, 5.41) is 3.48. The van der Waals surface area contributed by atoms with Gasteiger partial charge in [-0.25, -0.2) is 0 Å². The molecule has 1 aliphatic carbocycles. The van der Waals surface area contributed by atoms with E-state index < -0.39 is 5.91 Å². The number of nitrogens with zero attached hydrogens (tertiary/aromatic N) is 3. The molecule has 2 aromatic heterocycles.